The van der Waals surface area contributed by atoms with Crippen molar-refractivity contribution in [3.05, 3.63) is 71.1 Å². The number of nitrogens with zero attached hydrogens (tertiary/aromatic N) is 1. The number of ether oxygens (including phenoxy) is 3. The Hall–Kier alpha value is -4.07. The maximum absolute atomic E-state index is 12.8. The van der Waals surface area contributed by atoms with Crippen LogP contribution in [0.2, 0.25) is 0 Å². The van der Waals surface area contributed by atoms with Crippen molar-refractivity contribution in [3.8, 4) is 28.7 Å². The van der Waals surface area contributed by atoms with Gasteiger partial charge in [-0.1, -0.05) is 12.1 Å². The molecule has 4 rings (SSSR count). The highest BCUT2D eigenvalue weighted by Gasteiger charge is 2.30. The summed E-state index contributed by atoms with van der Waals surface area (Å²) in [5.41, 5.74) is 0.427. The third-order valence-corrected chi connectivity index (χ3v) is 4.14. The molecule has 28 heavy (non-hydrogen) atoms. The number of anilines is 1. The van der Waals surface area contributed by atoms with Gasteiger partial charge < -0.3 is 19.5 Å². The van der Waals surface area contributed by atoms with Gasteiger partial charge in [-0.2, -0.15) is 0 Å². The van der Waals surface area contributed by atoms with Crippen LogP contribution in [0.1, 0.15) is 10.4 Å². The number of hydrogen-bond acceptors (Lipinski definition) is 5. The zero-order valence-corrected chi connectivity index (χ0v) is 14.7. The van der Waals surface area contributed by atoms with Crippen molar-refractivity contribution in [2.45, 2.75) is 0 Å². The second-order valence-electron chi connectivity index (χ2n) is 5.92. The SMILES string of the molecule is COc1ccc(Oc2cc([N+](=O)O)cc3c2C(=O)Nc2ccccc2O3)cc1. The highest BCUT2D eigenvalue weighted by molar-refractivity contribution is 6.10. The maximum atomic E-state index is 12.8. The zero-order chi connectivity index (χ0) is 19.7. The summed E-state index contributed by atoms with van der Waals surface area (Å²) in [7, 11) is 1.54. The number of carbonyl (C=O) groups excluding carboxylic acids is 1. The van der Waals surface area contributed by atoms with Crippen LogP contribution in [-0.2, 0) is 0 Å². The van der Waals surface area contributed by atoms with Gasteiger partial charge in [-0.25, -0.2) is 5.21 Å². The summed E-state index contributed by atoms with van der Waals surface area (Å²) in [4.78, 5) is 24.0. The van der Waals surface area contributed by atoms with Crippen molar-refractivity contribution >= 4 is 17.3 Å². The van der Waals surface area contributed by atoms with Gasteiger partial charge in [-0.3, -0.25) is 4.79 Å². The Morgan fingerprint density at radius 3 is 2.43 bits per heavy atom. The second-order valence-corrected chi connectivity index (χ2v) is 5.92. The first-order chi connectivity index (χ1) is 13.5. The third kappa shape index (κ3) is 3.18. The molecular formula is C20H15N2O6+. The van der Waals surface area contributed by atoms with E-state index in [1.54, 1.807) is 55.6 Å². The minimum atomic E-state index is -0.467. The highest BCUT2D eigenvalue weighted by atomic mass is 16.6. The fourth-order valence-electron chi connectivity index (χ4n) is 2.80. The molecule has 3 aromatic carbocycles. The summed E-state index contributed by atoms with van der Waals surface area (Å²) in [6, 6.07) is 16.1. The van der Waals surface area contributed by atoms with E-state index in [0.29, 0.717) is 22.9 Å². The Bertz CT molecular complexity index is 1080. The molecule has 1 aliphatic heterocycles. The van der Waals surface area contributed by atoms with Crippen LogP contribution in [0.3, 0.4) is 0 Å². The molecule has 0 unspecified atom stereocenters. The molecule has 1 heterocycles. The molecule has 0 radical (unpaired) electrons. The summed E-state index contributed by atoms with van der Waals surface area (Å²) < 4.78 is 16.7. The van der Waals surface area contributed by atoms with Crippen LogP contribution in [0.15, 0.2) is 60.7 Å². The van der Waals surface area contributed by atoms with Crippen molar-refractivity contribution in [1.82, 2.24) is 0 Å². The molecular weight excluding hydrogens is 364 g/mol. The van der Waals surface area contributed by atoms with E-state index in [1.165, 1.54) is 12.1 Å². The van der Waals surface area contributed by atoms with Crippen LogP contribution >= 0.6 is 0 Å². The lowest BCUT2D eigenvalue weighted by Gasteiger charge is -2.12. The molecule has 1 aliphatic rings. The highest BCUT2D eigenvalue weighted by Crippen LogP contribution is 2.42. The molecule has 8 heteroatoms. The van der Waals surface area contributed by atoms with Gasteiger partial charge in [-0.15, -0.1) is 0 Å². The first-order valence-corrected chi connectivity index (χ1v) is 8.29. The van der Waals surface area contributed by atoms with Crippen molar-refractivity contribution in [2.75, 3.05) is 12.4 Å². The first kappa shape index (κ1) is 17.3. The Kier molecular flexibility index (Phi) is 4.29. The van der Waals surface area contributed by atoms with Gasteiger partial charge >= 0.3 is 5.69 Å². The van der Waals surface area contributed by atoms with E-state index in [2.05, 4.69) is 5.32 Å². The lowest BCUT2D eigenvalue weighted by atomic mass is 10.1. The van der Waals surface area contributed by atoms with Gasteiger partial charge in [0.05, 0.1) is 29.8 Å². The Balaban J connectivity index is 1.82. The largest absolute Gasteiger partial charge is 0.497 e. The first-order valence-electron chi connectivity index (χ1n) is 8.29. The van der Waals surface area contributed by atoms with Gasteiger partial charge in [0, 0.05) is 0 Å². The summed E-state index contributed by atoms with van der Waals surface area (Å²) in [6.45, 7) is 0. The van der Waals surface area contributed by atoms with Gasteiger partial charge in [0.25, 0.3) is 10.8 Å². The molecule has 0 saturated carbocycles. The molecule has 0 spiro atoms. The number of hydrogen-bond donors (Lipinski definition) is 2. The molecule has 0 fully saturated rings. The summed E-state index contributed by atoms with van der Waals surface area (Å²) in [5, 5.41) is 12.1. The zero-order valence-electron chi connectivity index (χ0n) is 14.7. The van der Waals surface area contributed by atoms with Crippen LogP contribution in [0, 0.1) is 4.91 Å². The topological polar surface area (TPSA) is 97.1 Å². The lowest BCUT2D eigenvalue weighted by Crippen LogP contribution is -2.12. The number of rotatable bonds is 4. The summed E-state index contributed by atoms with van der Waals surface area (Å²) >= 11 is 0. The fourth-order valence-corrected chi connectivity index (χ4v) is 2.80. The van der Waals surface area contributed by atoms with Crippen molar-refractivity contribution in [1.29, 1.82) is 0 Å². The lowest BCUT2D eigenvalue weighted by molar-refractivity contribution is -0.729. The van der Waals surface area contributed by atoms with Crippen LogP contribution < -0.4 is 19.5 Å². The number of methoxy groups -OCH3 is 1. The number of para-hydroxylation sites is 2. The Morgan fingerprint density at radius 1 is 1.00 bits per heavy atom. The minimum Gasteiger partial charge on any atom is -0.497 e. The molecule has 0 saturated heterocycles. The maximum Gasteiger partial charge on any atom is 0.324 e. The molecule has 0 aliphatic carbocycles. The smallest absolute Gasteiger partial charge is 0.324 e. The van der Waals surface area contributed by atoms with Gasteiger partial charge in [-0.05, 0) is 36.4 Å². The van der Waals surface area contributed by atoms with Crippen molar-refractivity contribution in [2.24, 2.45) is 0 Å². The number of amides is 1. The monoisotopic (exact) mass is 379 g/mol. The van der Waals surface area contributed by atoms with Crippen LogP contribution in [-0.4, -0.2) is 23.1 Å². The molecule has 0 atom stereocenters. The number of fused-ring (bicyclic) bond motifs is 2. The standard InChI is InChI=1S/C20H14N2O6/c1-26-13-6-8-14(9-7-13)27-17-10-12(22(24)25)11-18-19(17)20(23)21-15-4-2-3-5-16(15)28-18/h2-11H,1H3,(H-,21,23,24,25)/p+1. The van der Waals surface area contributed by atoms with E-state index < -0.39 is 5.91 Å². The van der Waals surface area contributed by atoms with Gasteiger partial charge in [0.15, 0.2) is 17.2 Å². The van der Waals surface area contributed by atoms with Crippen molar-refractivity contribution < 1.29 is 29.1 Å². The van der Waals surface area contributed by atoms with Gasteiger partial charge in [0.2, 0.25) is 0 Å². The predicted octanol–water partition coefficient (Wildman–Crippen LogP) is 4.65. The molecule has 140 valence electrons. The summed E-state index contributed by atoms with van der Waals surface area (Å²) in [6.07, 6.45) is 0. The average molecular weight is 379 g/mol. The molecule has 1 amide bonds. The Morgan fingerprint density at radius 2 is 1.71 bits per heavy atom. The van der Waals surface area contributed by atoms with E-state index in [1.807, 2.05) is 0 Å². The summed E-state index contributed by atoms with van der Waals surface area (Å²) in [5.74, 6) is 1.11. The van der Waals surface area contributed by atoms with E-state index >= 15 is 0 Å². The van der Waals surface area contributed by atoms with E-state index in [9.17, 15) is 14.9 Å². The quantitative estimate of drug-likeness (QED) is 0.641. The second kappa shape index (κ2) is 6.92. The van der Waals surface area contributed by atoms with E-state index in [0.717, 1.165) is 0 Å². The van der Waals surface area contributed by atoms with E-state index in [-0.39, 0.29) is 27.7 Å². The molecule has 0 aromatic heterocycles. The molecule has 2 N–H and O–H groups in total. The van der Waals surface area contributed by atoms with Crippen LogP contribution in [0.4, 0.5) is 11.4 Å². The molecule has 8 nitrogen and oxygen atoms in total. The number of carbonyl (C=O) groups is 1. The van der Waals surface area contributed by atoms with Crippen molar-refractivity contribution in [3.63, 3.8) is 0 Å². The fraction of sp³-hybridized carbons (Fsp3) is 0.0500. The molecule has 3 aromatic rings. The van der Waals surface area contributed by atoms with Gasteiger partial charge in [0.1, 0.15) is 17.1 Å². The van der Waals surface area contributed by atoms with E-state index in [4.69, 9.17) is 14.2 Å². The third-order valence-electron chi connectivity index (χ3n) is 4.14. The van der Waals surface area contributed by atoms with Crippen LogP contribution in [0.5, 0.6) is 28.7 Å². The minimum absolute atomic E-state index is 0.0536. The van der Waals surface area contributed by atoms with Crippen LogP contribution in [0.25, 0.3) is 0 Å². The average Bonchev–Trinajstić information content (AvgIpc) is 2.84. The number of nitrogens with one attached hydrogen (secondary N) is 1. The Labute approximate surface area is 159 Å². The normalized spacial score (nSPS) is 12.0. The molecule has 0 bridgehead atoms. The predicted molar refractivity (Wildman–Crippen MR) is 99.1 cm³/mol. The number of benzene rings is 3.